The van der Waals surface area contributed by atoms with Crippen molar-refractivity contribution in [3.8, 4) is 0 Å². The Kier molecular flexibility index (Phi) is 3.61. The summed E-state index contributed by atoms with van der Waals surface area (Å²) < 4.78 is 4.48. The summed E-state index contributed by atoms with van der Waals surface area (Å²) >= 11 is 0. The van der Waals surface area contributed by atoms with Crippen molar-refractivity contribution in [2.45, 2.75) is 6.42 Å². The second-order valence-electron chi connectivity index (χ2n) is 2.76. The van der Waals surface area contributed by atoms with E-state index in [-0.39, 0.29) is 9.27 Å². The molecular weight excluding hydrogens is 198 g/mol. The molecular formula is C9H15N3O3. The van der Waals surface area contributed by atoms with Crippen LogP contribution in [0.2, 0.25) is 0 Å². The lowest BCUT2D eigenvalue weighted by Crippen LogP contribution is -2.20. The molecule has 1 aromatic rings. The first-order valence-electron chi connectivity index (χ1n) is 4.21. The molecule has 0 saturated heterocycles. The van der Waals surface area contributed by atoms with Crippen molar-refractivity contribution < 1.29 is 17.2 Å². The fraction of sp³-hybridized carbons (Fsp3) is 0.222. The molecule has 0 saturated carbocycles. The van der Waals surface area contributed by atoms with E-state index in [0.717, 1.165) is 0 Å². The van der Waals surface area contributed by atoms with Crippen LogP contribution in [0.15, 0.2) is 18.2 Å². The number of urea groups is 1. The summed E-state index contributed by atoms with van der Waals surface area (Å²) in [4.78, 5) is 25.5. The molecule has 6 nitrogen and oxygen atoms in total. The van der Waals surface area contributed by atoms with Gasteiger partial charge in [-0.2, -0.15) is 0 Å². The number of primary amides is 1. The third-order valence-corrected chi connectivity index (χ3v) is 1.61. The number of ether oxygens (including phenoxy) is 1. The largest absolute Gasteiger partial charge is 0.469 e. The van der Waals surface area contributed by atoms with Gasteiger partial charge in [0.2, 0.25) is 0 Å². The number of hydrogen-bond donors (Lipinski definition) is 2. The normalized spacial score (nSPS) is 9.40. The molecule has 2 amide bonds. The summed E-state index contributed by atoms with van der Waals surface area (Å²) in [6.07, 6.45) is 0.0603. The first-order valence-corrected chi connectivity index (χ1v) is 4.21. The molecule has 15 heavy (non-hydrogen) atoms. The summed E-state index contributed by atoms with van der Waals surface area (Å²) in [5, 5.41) is 2.31. The minimum Gasteiger partial charge on any atom is -0.469 e. The molecule has 0 aliphatic heterocycles. The second-order valence-corrected chi connectivity index (χ2v) is 2.76. The SMILES string of the molecule is COC(=O)Cc1cccc(NC(N)=O)n1.[HH].[HH]. The Morgan fingerprint density at radius 3 is 2.93 bits per heavy atom. The Labute approximate surface area is 89.4 Å². The van der Waals surface area contributed by atoms with Crippen molar-refractivity contribution >= 4 is 17.8 Å². The summed E-state index contributed by atoms with van der Waals surface area (Å²) in [5.41, 5.74) is 5.43. The lowest BCUT2D eigenvalue weighted by Gasteiger charge is -2.03. The highest BCUT2D eigenvalue weighted by molar-refractivity contribution is 5.86. The van der Waals surface area contributed by atoms with Crippen molar-refractivity contribution in [2.75, 3.05) is 12.4 Å². The number of nitrogens with two attached hydrogens (primary N) is 1. The molecule has 0 bridgehead atoms. The number of esters is 1. The highest BCUT2D eigenvalue weighted by Crippen LogP contribution is 2.05. The van der Waals surface area contributed by atoms with Crippen LogP contribution in [0.3, 0.4) is 0 Å². The first-order chi connectivity index (χ1) is 7.11. The van der Waals surface area contributed by atoms with Crippen LogP contribution >= 0.6 is 0 Å². The van der Waals surface area contributed by atoms with Crippen molar-refractivity contribution in [3.05, 3.63) is 23.9 Å². The lowest BCUT2D eigenvalue weighted by molar-refractivity contribution is -0.139. The molecule has 0 atom stereocenters. The lowest BCUT2D eigenvalue weighted by atomic mass is 10.3. The summed E-state index contributed by atoms with van der Waals surface area (Å²) in [5.74, 6) is -0.0809. The zero-order valence-electron chi connectivity index (χ0n) is 8.19. The maximum Gasteiger partial charge on any atom is 0.317 e. The summed E-state index contributed by atoms with van der Waals surface area (Å²) in [6, 6.07) is 4.20. The van der Waals surface area contributed by atoms with Gasteiger partial charge in [0.25, 0.3) is 0 Å². The van der Waals surface area contributed by atoms with E-state index in [2.05, 4.69) is 15.0 Å². The molecule has 6 heteroatoms. The number of methoxy groups -OCH3 is 1. The molecule has 0 aliphatic rings. The monoisotopic (exact) mass is 213 g/mol. The van der Waals surface area contributed by atoms with Gasteiger partial charge in [0.05, 0.1) is 19.2 Å². The standard InChI is InChI=1S/C9H11N3O3.2H2/c1-15-8(13)5-6-3-2-4-7(11-6)12-9(10)14;;/h2-4H,5H2,1H3,(H3,10,11,12,14);2*1H. The van der Waals surface area contributed by atoms with Crippen LogP contribution < -0.4 is 11.1 Å². The number of amides is 2. The van der Waals surface area contributed by atoms with E-state index in [0.29, 0.717) is 11.5 Å². The Hall–Kier alpha value is -2.11. The first kappa shape index (κ1) is 11.0. The van der Waals surface area contributed by atoms with Crippen LogP contribution in [0.25, 0.3) is 0 Å². The number of anilines is 1. The van der Waals surface area contributed by atoms with Gasteiger partial charge in [-0.1, -0.05) is 6.07 Å². The number of nitrogens with zero attached hydrogens (tertiary/aromatic N) is 1. The molecule has 0 aromatic carbocycles. The average molecular weight is 213 g/mol. The predicted molar refractivity (Wildman–Crippen MR) is 57.4 cm³/mol. The van der Waals surface area contributed by atoms with Crippen LogP contribution in [0, 0.1) is 0 Å². The van der Waals surface area contributed by atoms with Gasteiger partial charge in [-0.25, -0.2) is 9.78 Å². The molecule has 1 heterocycles. The number of carbonyl (C=O) groups excluding carboxylic acids is 2. The predicted octanol–water partition coefficient (Wildman–Crippen LogP) is 0.780. The van der Waals surface area contributed by atoms with Crippen LogP contribution in [-0.2, 0) is 16.0 Å². The van der Waals surface area contributed by atoms with Gasteiger partial charge < -0.3 is 10.5 Å². The molecule has 1 aromatic heterocycles. The molecule has 3 N–H and O–H groups in total. The van der Waals surface area contributed by atoms with Crippen LogP contribution in [-0.4, -0.2) is 24.1 Å². The van der Waals surface area contributed by atoms with E-state index < -0.39 is 12.0 Å². The van der Waals surface area contributed by atoms with Gasteiger partial charge in [-0.05, 0) is 12.1 Å². The van der Waals surface area contributed by atoms with E-state index in [4.69, 9.17) is 5.73 Å². The number of carbonyl (C=O) groups is 2. The third-order valence-electron chi connectivity index (χ3n) is 1.61. The van der Waals surface area contributed by atoms with Crippen LogP contribution in [0.1, 0.15) is 8.55 Å². The van der Waals surface area contributed by atoms with Gasteiger partial charge in [-0.15, -0.1) is 0 Å². The van der Waals surface area contributed by atoms with E-state index in [1.165, 1.54) is 7.11 Å². The van der Waals surface area contributed by atoms with Gasteiger partial charge >= 0.3 is 12.0 Å². The maximum absolute atomic E-state index is 10.9. The average Bonchev–Trinajstić information content (AvgIpc) is 2.17. The molecule has 0 radical (unpaired) electrons. The zero-order chi connectivity index (χ0) is 11.3. The topological polar surface area (TPSA) is 94.3 Å². The van der Waals surface area contributed by atoms with Gasteiger partial charge in [0.1, 0.15) is 5.82 Å². The van der Waals surface area contributed by atoms with Crippen molar-refractivity contribution in [3.63, 3.8) is 0 Å². The number of rotatable bonds is 3. The van der Waals surface area contributed by atoms with Crippen LogP contribution in [0.4, 0.5) is 10.6 Å². The Morgan fingerprint density at radius 2 is 2.33 bits per heavy atom. The fourth-order valence-corrected chi connectivity index (χ4v) is 0.994. The van der Waals surface area contributed by atoms with E-state index >= 15 is 0 Å². The summed E-state index contributed by atoms with van der Waals surface area (Å²) in [6.45, 7) is 0. The van der Waals surface area contributed by atoms with E-state index in [1.807, 2.05) is 0 Å². The number of pyridine rings is 1. The quantitative estimate of drug-likeness (QED) is 0.725. The summed E-state index contributed by atoms with van der Waals surface area (Å²) in [7, 11) is 1.30. The van der Waals surface area contributed by atoms with Gasteiger partial charge in [-0.3, -0.25) is 10.1 Å². The smallest absolute Gasteiger partial charge is 0.317 e. The number of nitrogens with one attached hydrogen (secondary N) is 1. The Balaban J connectivity index is 0. The highest BCUT2D eigenvalue weighted by atomic mass is 16.5. The molecule has 1 rings (SSSR count). The van der Waals surface area contributed by atoms with Gasteiger partial charge in [0, 0.05) is 2.85 Å². The fourth-order valence-electron chi connectivity index (χ4n) is 0.994. The van der Waals surface area contributed by atoms with Crippen LogP contribution in [0.5, 0.6) is 0 Å². The third kappa shape index (κ3) is 3.63. The zero-order valence-corrected chi connectivity index (χ0v) is 8.19. The number of aromatic nitrogens is 1. The number of hydrogen-bond acceptors (Lipinski definition) is 4. The molecule has 0 aliphatic carbocycles. The molecule has 0 unspecified atom stereocenters. The molecule has 0 spiro atoms. The second kappa shape index (κ2) is 4.94. The molecule has 0 fully saturated rings. The van der Waals surface area contributed by atoms with Crippen molar-refractivity contribution in [1.82, 2.24) is 4.98 Å². The minimum absolute atomic E-state index is 0. The van der Waals surface area contributed by atoms with E-state index in [1.54, 1.807) is 18.2 Å². The van der Waals surface area contributed by atoms with Crippen molar-refractivity contribution in [1.29, 1.82) is 0 Å². The van der Waals surface area contributed by atoms with Crippen molar-refractivity contribution in [2.24, 2.45) is 5.73 Å². The van der Waals surface area contributed by atoms with Gasteiger partial charge in [0.15, 0.2) is 0 Å². The maximum atomic E-state index is 10.9. The Morgan fingerprint density at radius 1 is 1.60 bits per heavy atom. The van der Waals surface area contributed by atoms with E-state index in [9.17, 15) is 9.59 Å². The Bertz CT molecular complexity index is 388. The highest BCUT2D eigenvalue weighted by Gasteiger charge is 2.05. The molecule has 84 valence electrons. The minimum atomic E-state index is -0.697.